The lowest BCUT2D eigenvalue weighted by molar-refractivity contribution is 0.347. The highest BCUT2D eigenvalue weighted by atomic mass is 32.1. The summed E-state index contributed by atoms with van der Waals surface area (Å²) in [5.74, 6) is 0.727. The summed E-state index contributed by atoms with van der Waals surface area (Å²) in [5, 5.41) is 1.64. The molecule has 2 rings (SSSR count). The summed E-state index contributed by atoms with van der Waals surface area (Å²) < 4.78 is 6.55. The highest BCUT2D eigenvalue weighted by molar-refractivity contribution is 7.23. The SMILES string of the molecule is CCOc1c(N)sc2cccc(N)c12. The van der Waals surface area contributed by atoms with Gasteiger partial charge in [-0.05, 0) is 19.1 Å². The Labute approximate surface area is 86.3 Å². The van der Waals surface area contributed by atoms with E-state index in [1.54, 1.807) is 0 Å². The second-order valence-electron chi connectivity index (χ2n) is 2.95. The number of fused-ring (bicyclic) bond motifs is 1. The minimum atomic E-state index is 0.602. The van der Waals surface area contributed by atoms with Gasteiger partial charge in [0.15, 0.2) is 5.75 Å². The molecule has 1 aromatic carbocycles. The molecule has 1 aromatic heterocycles. The van der Waals surface area contributed by atoms with Crippen LogP contribution >= 0.6 is 11.3 Å². The largest absolute Gasteiger partial charge is 0.490 e. The van der Waals surface area contributed by atoms with Crippen LogP contribution in [0.25, 0.3) is 10.1 Å². The van der Waals surface area contributed by atoms with E-state index in [-0.39, 0.29) is 0 Å². The summed E-state index contributed by atoms with van der Waals surface area (Å²) in [6.45, 7) is 2.53. The Kier molecular flexibility index (Phi) is 2.21. The van der Waals surface area contributed by atoms with Gasteiger partial charge in [-0.15, -0.1) is 11.3 Å². The van der Waals surface area contributed by atoms with Gasteiger partial charge in [-0.25, -0.2) is 0 Å². The van der Waals surface area contributed by atoms with Crippen molar-refractivity contribution in [2.24, 2.45) is 0 Å². The number of rotatable bonds is 2. The van der Waals surface area contributed by atoms with Crippen molar-refractivity contribution in [3.8, 4) is 5.75 Å². The Morgan fingerprint density at radius 2 is 2.14 bits per heavy atom. The Hall–Kier alpha value is -1.42. The molecule has 74 valence electrons. The van der Waals surface area contributed by atoms with E-state index in [9.17, 15) is 0 Å². The number of ether oxygens (including phenoxy) is 1. The topological polar surface area (TPSA) is 61.3 Å². The zero-order valence-corrected chi connectivity index (χ0v) is 8.73. The summed E-state index contributed by atoms with van der Waals surface area (Å²) in [4.78, 5) is 0. The van der Waals surface area contributed by atoms with Crippen LogP contribution in [0.4, 0.5) is 10.7 Å². The number of nitrogens with two attached hydrogens (primary N) is 2. The molecule has 0 aliphatic heterocycles. The van der Waals surface area contributed by atoms with Crippen LogP contribution in [0.5, 0.6) is 5.75 Å². The summed E-state index contributed by atoms with van der Waals surface area (Å²) >= 11 is 1.51. The predicted octanol–water partition coefficient (Wildman–Crippen LogP) is 2.46. The molecule has 0 bridgehead atoms. The fraction of sp³-hybridized carbons (Fsp3) is 0.200. The summed E-state index contributed by atoms with van der Waals surface area (Å²) in [6, 6.07) is 5.77. The molecule has 4 N–H and O–H groups in total. The lowest BCUT2D eigenvalue weighted by Gasteiger charge is -2.03. The maximum atomic E-state index is 5.87. The summed E-state index contributed by atoms with van der Waals surface area (Å²) in [6.07, 6.45) is 0. The molecular formula is C10H12N2OS. The quantitative estimate of drug-likeness (QED) is 0.745. The fourth-order valence-electron chi connectivity index (χ4n) is 1.45. The van der Waals surface area contributed by atoms with Gasteiger partial charge in [-0.3, -0.25) is 0 Å². The third kappa shape index (κ3) is 1.28. The number of anilines is 2. The third-order valence-corrected chi connectivity index (χ3v) is 2.98. The van der Waals surface area contributed by atoms with E-state index in [1.165, 1.54) is 11.3 Å². The predicted molar refractivity (Wildman–Crippen MR) is 61.8 cm³/mol. The monoisotopic (exact) mass is 208 g/mol. The zero-order valence-electron chi connectivity index (χ0n) is 7.91. The molecule has 0 aliphatic rings. The maximum absolute atomic E-state index is 5.87. The van der Waals surface area contributed by atoms with Crippen LogP contribution < -0.4 is 16.2 Å². The Bertz CT molecular complexity index is 464. The van der Waals surface area contributed by atoms with E-state index in [0.29, 0.717) is 11.6 Å². The van der Waals surface area contributed by atoms with Gasteiger partial charge in [-0.2, -0.15) is 0 Å². The first kappa shape index (κ1) is 9.15. The Balaban J connectivity index is 2.73. The number of thiophene rings is 1. The van der Waals surface area contributed by atoms with E-state index in [2.05, 4.69) is 0 Å². The normalized spacial score (nSPS) is 10.6. The zero-order chi connectivity index (χ0) is 10.1. The van der Waals surface area contributed by atoms with Gasteiger partial charge in [0, 0.05) is 10.4 Å². The lowest BCUT2D eigenvalue weighted by Crippen LogP contribution is -1.95. The molecule has 0 fully saturated rings. The molecule has 0 spiro atoms. The molecule has 0 unspecified atom stereocenters. The van der Waals surface area contributed by atoms with Crippen molar-refractivity contribution in [2.75, 3.05) is 18.1 Å². The molecule has 0 radical (unpaired) electrons. The first-order chi connectivity index (χ1) is 6.74. The van der Waals surface area contributed by atoms with Crippen LogP contribution in [0.3, 0.4) is 0 Å². The molecule has 0 saturated heterocycles. The minimum absolute atomic E-state index is 0.602. The molecular weight excluding hydrogens is 196 g/mol. The second kappa shape index (κ2) is 3.38. The standard InChI is InChI=1S/C10H12N2OS/c1-2-13-9-8-6(11)4-3-5-7(8)14-10(9)12/h3-5H,2,11-12H2,1H3. The van der Waals surface area contributed by atoms with Crippen LogP contribution in [-0.2, 0) is 0 Å². The van der Waals surface area contributed by atoms with Gasteiger partial charge >= 0.3 is 0 Å². The first-order valence-electron chi connectivity index (χ1n) is 4.43. The van der Waals surface area contributed by atoms with Crippen LogP contribution in [0.1, 0.15) is 6.92 Å². The van der Waals surface area contributed by atoms with E-state index in [1.807, 2.05) is 25.1 Å². The number of nitrogen functional groups attached to an aromatic ring is 2. The van der Waals surface area contributed by atoms with Gasteiger partial charge < -0.3 is 16.2 Å². The van der Waals surface area contributed by atoms with E-state index < -0.39 is 0 Å². The highest BCUT2D eigenvalue weighted by Crippen LogP contribution is 2.42. The Morgan fingerprint density at radius 3 is 2.86 bits per heavy atom. The van der Waals surface area contributed by atoms with Crippen LogP contribution in [0.15, 0.2) is 18.2 Å². The molecule has 1 heterocycles. The van der Waals surface area contributed by atoms with Crippen LogP contribution in [-0.4, -0.2) is 6.61 Å². The van der Waals surface area contributed by atoms with E-state index in [4.69, 9.17) is 16.2 Å². The molecule has 14 heavy (non-hydrogen) atoms. The third-order valence-electron chi connectivity index (χ3n) is 2.02. The van der Waals surface area contributed by atoms with Gasteiger partial charge in [0.05, 0.1) is 12.0 Å². The lowest BCUT2D eigenvalue weighted by atomic mass is 10.2. The number of benzene rings is 1. The van der Waals surface area contributed by atoms with E-state index >= 15 is 0 Å². The molecule has 3 nitrogen and oxygen atoms in total. The van der Waals surface area contributed by atoms with Gasteiger partial charge in [0.25, 0.3) is 0 Å². The average molecular weight is 208 g/mol. The number of hydrogen-bond acceptors (Lipinski definition) is 4. The van der Waals surface area contributed by atoms with Crippen molar-refractivity contribution < 1.29 is 4.74 Å². The van der Waals surface area contributed by atoms with Crippen molar-refractivity contribution in [3.63, 3.8) is 0 Å². The fourth-order valence-corrected chi connectivity index (χ4v) is 2.40. The van der Waals surface area contributed by atoms with Gasteiger partial charge in [0.1, 0.15) is 5.00 Å². The van der Waals surface area contributed by atoms with Gasteiger partial charge in [-0.1, -0.05) is 6.07 Å². The highest BCUT2D eigenvalue weighted by Gasteiger charge is 2.12. The summed E-state index contributed by atoms with van der Waals surface area (Å²) in [7, 11) is 0. The Morgan fingerprint density at radius 1 is 1.36 bits per heavy atom. The van der Waals surface area contributed by atoms with Crippen molar-refractivity contribution >= 4 is 32.1 Å². The van der Waals surface area contributed by atoms with Crippen LogP contribution in [0, 0.1) is 0 Å². The molecule has 2 aromatic rings. The molecule has 4 heteroatoms. The van der Waals surface area contributed by atoms with Gasteiger partial charge in [0.2, 0.25) is 0 Å². The first-order valence-corrected chi connectivity index (χ1v) is 5.25. The number of hydrogen-bond donors (Lipinski definition) is 2. The van der Waals surface area contributed by atoms with Crippen molar-refractivity contribution in [3.05, 3.63) is 18.2 Å². The molecule has 0 amide bonds. The molecule has 0 aliphatic carbocycles. The van der Waals surface area contributed by atoms with Crippen molar-refractivity contribution in [1.29, 1.82) is 0 Å². The van der Waals surface area contributed by atoms with E-state index in [0.717, 1.165) is 21.5 Å². The summed E-state index contributed by atoms with van der Waals surface area (Å²) in [5.41, 5.74) is 12.4. The second-order valence-corrected chi connectivity index (χ2v) is 4.03. The van der Waals surface area contributed by atoms with Crippen molar-refractivity contribution in [2.45, 2.75) is 6.92 Å². The maximum Gasteiger partial charge on any atom is 0.163 e. The molecule has 0 saturated carbocycles. The molecule has 0 atom stereocenters. The van der Waals surface area contributed by atoms with Crippen LogP contribution in [0.2, 0.25) is 0 Å². The average Bonchev–Trinajstić information content (AvgIpc) is 2.45. The smallest absolute Gasteiger partial charge is 0.163 e. The minimum Gasteiger partial charge on any atom is -0.490 e. The van der Waals surface area contributed by atoms with Crippen molar-refractivity contribution in [1.82, 2.24) is 0 Å².